The van der Waals surface area contributed by atoms with Crippen molar-refractivity contribution in [2.45, 2.75) is 169 Å². The van der Waals surface area contributed by atoms with E-state index < -0.39 is 0 Å². The Morgan fingerprint density at radius 1 is 0.437 bits per heavy atom. The van der Waals surface area contributed by atoms with Crippen molar-refractivity contribution < 1.29 is 0 Å². The van der Waals surface area contributed by atoms with Gasteiger partial charge >= 0.3 is 0 Å². The summed E-state index contributed by atoms with van der Waals surface area (Å²) < 4.78 is 0. The summed E-state index contributed by atoms with van der Waals surface area (Å²) in [6.07, 6.45) is 2.31. The third kappa shape index (κ3) is 8.28. The molecule has 2 aliphatic heterocycles. The molecular weight excluding hydrogens is 856 g/mol. The first-order chi connectivity index (χ1) is 33.2. The van der Waals surface area contributed by atoms with E-state index in [1.165, 1.54) is 106 Å². The number of fused-ring (bicyclic) bond motifs is 5. The Morgan fingerprint density at radius 2 is 0.958 bits per heavy atom. The van der Waals surface area contributed by atoms with Crippen LogP contribution in [0.15, 0.2) is 140 Å². The van der Waals surface area contributed by atoms with Gasteiger partial charge in [-0.2, -0.15) is 0 Å². The molecule has 0 bridgehead atoms. The predicted molar refractivity (Wildman–Crippen MR) is 310 cm³/mol. The maximum absolute atomic E-state index is 2.73. The molecule has 0 unspecified atom stereocenters. The lowest BCUT2D eigenvalue weighted by molar-refractivity contribution is 0.332. The van der Waals surface area contributed by atoms with Crippen LogP contribution in [0, 0.1) is 0 Å². The zero-order chi connectivity index (χ0) is 51.0. The smallest absolute Gasteiger partial charge is 0.252 e. The van der Waals surface area contributed by atoms with E-state index in [9.17, 15) is 0 Å². The van der Waals surface area contributed by atoms with Crippen molar-refractivity contribution in [1.82, 2.24) is 0 Å². The fraction of sp³-hybridized carbons (Fsp3) is 0.382. The van der Waals surface area contributed by atoms with Gasteiger partial charge in [-0.3, -0.25) is 0 Å². The first kappa shape index (κ1) is 48.8. The molecule has 364 valence electrons. The van der Waals surface area contributed by atoms with Crippen molar-refractivity contribution in [2.24, 2.45) is 0 Å². The standard InChI is InChI=1S/C68H79BN2/c1-43(2)45-37-60-62-61(38-45)71(57-32-28-49(65(9,10)11)39-52(57)44-22-21-25-48(36-44)64(6,7)8)59-42-54-53(66(12,13)34-35-67(54,14)15)41-56(59)69(62)55-40-50(68(16,17)47-23-19-18-20-24-47)29-33-58(55)70(60)51-30-26-46(27-31-51)63(3,4)5/h18-33,36-43H,34-35H2,1-17H3. The fourth-order valence-electron chi connectivity index (χ4n) is 12.1. The van der Waals surface area contributed by atoms with Gasteiger partial charge in [0.15, 0.2) is 0 Å². The van der Waals surface area contributed by atoms with Gasteiger partial charge in [0.1, 0.15) is 0 Å². The first-order valence-corrected chi connectivity index (χ1v) is 26.7. The summed E-state index contributed by atoms with van der Waals surface area (Å²) >= 11 is 0. The maximum Gasteiger partial charge on any atom is 0.252 e. The molecule has 7 aromatic rings. The van der Waals surface area contributed by atoms with Crippen LogP contribution < -0.4 is 26.2 Å². The molecule has 1 aliphatic carbocycles. The molecule has 10 rings (SSSR count). The van der Waals surface area contributed by atoms with Crippen LogP contribution in [0.25, 0.3) is 11.1 Å². The summed E-state index contributed by atoms with van der Waals surface area (Å²) in [5.41, 5.74) is 25.0. The van der Waals surface area contributed by atoms with Gasteiger partial charge in [0, 0.05) is 39.4 Å². The predicted octanol–water partition coefficient (Wildman–Crippen LogP) is 17.1. The van der Waals surface area contributed by atoms with Gasteiger partial charge < -0.3 is 9.80 Å². The molecule has 0 atom stereocenters. The summed E-state index contributed by atoms with van der Waals surface area (Å²) in [5, 5.41) is 0. The minimum atomic E-state index is -0.225. The summed E-state index contributed by atoms with van der Waals surface area (Å²) in [6.45, 7) is 40.5. The quantitative estimate of drug-likeness (QED) is 0.153. The Kier molecular flexibility index (Phi) is 11.4. The van der Waals surface area contributed by atoms with Crippen molar-refractivity contribution in [2.75, 3.05) is 9.80 Å². The molecule has 0 N–H and O–H groups in total. The average Bonchev–Trinajstić information content (AvgIpc) is 3.31. The van der Waals surface area contributed by atoms with E-state index in [1.54, 1.807) is 0 Å². The Bertz CT molecular complexity index is 3200. The monoisotopic (exact) mass is 935 g/mol. The molecule has 0 amide bonds. The van der Waals surface area contributed by atoms with Crippen LogP contribution in [0.5, 0.6) is 0 Å². The largest absolute Gasteiger partial charge is 0.311 e. The van der Waals surface area contributed by atoms with Crippen molar-refractivity contribution in [3.05, 3.63) is 184 Å². The second-order valence-electron chi connectivity index (χ2n) is 26.8. The van der Waals surface area contributed by atoms with Gasteiger partial charge in [0.05, 0.1) is 5.69 Å². The zero-order valence-corrected chi connectivity index (χ0v) is 46.2. The number of hydrogen-bond donors (Lipinski definition) is 0. The third-order valence-electron chi connectivity index (χ3n) is 17.1. The van der Waals surface area contributed by atoms with Gasteiger partial charge in [0.25, 0.3) is 6.71 Å². The van der Waals surface area contributed by atoms with Crippen LogP contribution in [0.2, 0.25) is 0 Å². The molecule has 71 heavy (non-hydrogen) atoms. The van der Waals surface area contributed by atoms with Crippen LogP contribution in [0.3, 0.4) is 0 Å². The maximum atomic E-state index is 2.73. The highest BCUT2D eigenvalue weighted by atomic mass is 15.2. The fourth-order valence-corrected chi connectivity index (χ4v) is 12.1. The number of benzene rings is 7. The molecule has 3 aliphatic rings. The molecule has 0 fully saturated rings. The Morgan fingerprint density at radius 3 is 1.56 bits per heavy atom. The highest BCUT2D eigenvalue weighted by Gasteiger charge is 2.47. The lowest BCUT2D eigenvalue weighted by Gasteiger charge is -2.48. The molecule has 0 spiro atoms. The molecule has 0 saturated carbocycles. The Balaban J connectivity index is 1.36. The number of hydrogen-bond acceptors (Lipinski definition) is 2. The van der Waals surface area contributed by atoms with Crippen molar-refractivity contribution in [3.63, 3.8) is 0 Å². The van der Waals surface area contributed by atoms with Gasteiger partial charge in [-0.1, -0.05) is 209 Å². The van der Waals surface area contributed by atoms with Crippen LogP contribution in [-0.4, -0.2) is 6.71 Å². The summed E-state index contributed by atoms with van der Waals surface area (Å²) in [7, 11) is 0. The lowest BCUT2D eigenvalue weighted by atomic mass is 9.32. The Labute approximate surface area is 429 Å². The van der Waals surface area contributed by atoms with E-state index >= 15 is 0 Å². The molecule has 3 heteroatoms. The molecule has 0 saturated heterocycles. The second kappa shape index (κ2) is 16.6. The SMILES string of the molecule is CC(C)c1cc2c3c(c1)N(c1ccc(C(C)(C)C)cc1-c1cccc(C(C)(C)C)c1)c1cc4c(cc1B3c1cc(C(C)(C)c3ccccc3)ccc1N2c1ccc(C(C)(C)C)cc1)C(C)(C)CCC4(C)C. The highest BCUT2D eigenvalue weighted by molar-refractivity contribution is 7.00. The number of rotatable bonds is 6. The van der Waals surface area contributed by atoms with Crippen molar-refractivity contribution >= 4 is 57.2 Å². The van der Waals surface area contributed by atoms with Gasteiger partial charge in [-0.05, 0) is 161 Å². The molecule has 2 heterocycles. The minimum Gasteiger partial charge on any atom is -0.311 e. The molecule has 0 aromatic heterocycles. The normalized spacial score (nSPS) is 16.1. The van der Waals surface area contributed by atoms with Gasteiger partial charge in [-0.15, -0.1) is 0 Å². The highest BCUT2D eigenvalue weighted by Crippen LogP contribution is 2.53. The topological polar surface area (TPSA) is 6.48 Å². The van der Waals surface area contributed by atoms with E-state index in [4.69, 9.17) is 0 Å². The van der Waals surface area contributed by atoms with E-state index in [2.05, 4.69) is 267 Å². The molecule has 2 nitrogen and oxygen atoms in total. The van der Waals surface area contributed by atoms with Crippen molar-refractivity contribution in [3.8, 4) is 11.1 Å². The third-order valence-corrected chi connectivity index (χ3v) is 17.1. The van der Waals surface area contributed by atoms with Crippen molar-refractivity contribution in [1.29, 1.82) is 0 Å². The minimum absolute atomic E-state index is 0.000732. The van der Waals surface area contributed by atoms with Crippen LogP contribution >= 0.6 is 0 Å². The van der Waals surface area contributed by atoms with E-state index in [1.807, 2.05) is 0 Å². The van der Waals surface area contributed by atoms with Crippen LogP contribution in [0.4, 0.5) is 34.1 Å². The summed E-state index contributed by atoms with van der Waals surface area (Å²) in [4.78, 5) is 5.34. The summed E-state index contributed by atoms with van der Waals surface area (Å²) in [5.74, 6) is 0.299. The van der Waals surface area contributed by atoms with E-state index in [0.717, 1.165) is 12.8 Å². The molecule has 0 radical (unpaired) electrons. The van der Waals surface area contributed by atoms with Crippen LogP contribution in [0.1, 0.15) is 181 Å². The lowest BCUT2D eigenvalue weighted by Crippen LogP contribution is -2.62. The van der Waals surface area contributed by atoms with E-state index in [-0.39, 0.29) is 39.2 Å². The molecular formula is C68H79BN2. The number of anilines is 6. The Hall–Kier alpha value is -5.80. The summed E-state index contributed by atoms with van der Waals surface area (Å²) in [6, 6.07) is 55.3. The first-order valence-electron chi connectivity index (χ1n) is 26.7. The number of nitrogens with zero attached hydrogens (tertiary/aromatic N) is 2. The second-order valence-corrected chi connectivity index (χ2v) is 26.8. The zero-order valence-electron chi connectivity index (χ0n) is 46.2. The van der Waals surface area contributed by atoms with Gasteiger partial charge in [-0.25, -0.2) is 0 Å². The average molecular weight is 935 g/mol. The van der Waals surface area contributed by atoms with Crippen LogP contribution in [-0.2, 0) is 32.5 Å². The van der Waals surface area contributed by atoms with E-state index in [0.29, 0.717) is 5.92 Å². The molecule has 7 aromatic carbocycles. The van der Waals surface area contributed by atoms with Gasteiger partial charge in [0.2, 0.25) is 0 Å².